The lowest BCUT2D eigenvalue weighted by Gasteiger charge is -2.27. The summed E-state index contributed by atoms with van der Waals surface area (Å²) in [5.41, 5.74) is 13.4. The third kappa shape index (κ3) is 5.69. The van der Waals surface area contributed by atoms with Gasteiger partial charge in [0.1, 0.15) is 11.2 Å². The van der Waals surface area contributed by atoms with Crippen molar-refractivity contribution in [3.05, 3.63) is 231 Å². The first-order valence-corrected chi connectivity index (χ1v) is 23.3. The SMILES string of the molecule is c1ccc(-c2cc3ccc(N(c4ccc(-n5c6ccccc6c6ccccc65)cc4)c4ccc5sc6cccc(-c7ccc8c(c7)oc7ccccc78)c6c5c4)cc3c3ccccc23)cc1. The summed E-state index contributed by atoms with van der Waals surface area (Å²) in [4.78, 5) is 2.43. The standard InChI is InChI=1S/C62H38N2OS/c1-2-13-39(14-3-1)53-35-40-25-27-44(37-54(40)48-16-5-4-15-47(48)53)63(42-28-30-43(31-29-42)64-56-21-9-6-17-49(56)50-18-7-10-22-57(50)64)45-32-34-60-55(38-45)62-46(20-12-24-61(62)66-60)41-26-33-52-51-19-8-11-23-58(51)65-59(52)36-41/h1-38H. The van der Waals surface area contributed by atoms with E-state index in [1.54, 1.807) is 0 Å². The molecule has 0 aliphatic carbocycles. The average molecular weight is 859 g/mol. The summed E-state index contributed by atoms with van der Waals surface area (Å²) in [6, 6.07) is 84.1. The summed E-state index contributed by atoms with van der Waals surface area (Å²) < 4.78 is 11.3. The molecule has 0 saturated heterocycles. The number of furan rings is 1. The molecule has 0 aliphatic heterocycles. The normalized spacial score (nSPS) is 11.9. The van der Waals surface area contributed by atoms with Crippen LogP contribution in [0.25, 0.3) is 113 Å². The van der Waals surface area contributed by atoms with Crippen LogP contribution in [0.4, 0.5) is 17.1 Å². The van der Waals surface area contributed by atoms with Crippen molar-refractivity contribution in [2.45, 2.75) is 0 Å². The topological polar surface area (TPSA) is 21.3 Å². The Kier molecular flexibility index (Phi) is 8.15. The van der Waals surface area contributed by atoms with Crippen molar-refractivity contribution < 1.29 is 4.42 Å². The molecular formula is C62H38N2OS. The fraction of sp³-hybridized carbons (Fsp3) is 0. The van der Waals surface area contributed by atoms with E-state index in [2.05, 4.69) is 228 Å². The van der Waals surface area contributed by atoms with Crippen molar-refractivity contribution in [3.63, 3.8) is 0 Å². The van der Waals surface area contributed by atoms with Gasteiger partial charge in [-0.05, 0) is 141 Å². The molecule has 0 radical (unpaired) electrons. The summed E-state index contributed by atoms with van der Waals surface area (Å²) in [6.45, 7) is 0. The van der Waals surface area contributed by atoms with E-state index in [0.29, 0.717) is 0 Å². The van der Waals surface area contributed by atoms with Gasteiger partial charge in [0.2, 0.25) is 0 Å². The number of thiophene rings is 1. The smallest absolute Gasteiger partial charge is 0.136 e. The molecule has 0 unspecified atom stereocenters. The van der Waals surface area contributed by atoms with E-state index < -0.39 is 0 Å². The van der Waals surface area contributed by atoms with Crippen LogP contribution in [0.2, 0.25) is 0 Å². The van der Waals surface area contributed by atoms with Gasteiger partial charge in [0.05, 0.1) is 11.0 Å². The number of hydrogen-bond donors (Lipinski definition) is 0. The molecule has 0 fully saturated rings. The molecule has 66 heavy (non-hydrogen) atoms. The number of anilines is 3. The van der Waals surface area contributed by atoms with Crippen molar-refractivity contribution in [1.82, 2.24) is 4.57 Å². The second-order valence-corrected chi connectivity index (χ2v) is 18.3. The molecule has 0 bridgehead atoms. The zero-order valence-electron chi connectivity index (χ0n) is 35.7. The molecule has 3 nitrogen and oxygen atoms in total. The van der Waals surface area contributed by atoms with Gasteiger partial charge in [-0.3, -0.25) is 0 Å². The minimum Gasteiger partial charge on any atom is -0.456 e. The summed E-state index contributed by atoms with van der Waals surface area (Å²) >= 11 is 1.85. The summed E-state index contributed by atoms with van der Waals surface area (Å²) in [5, 5.41) is 12.2. The number of nitrogens with zero attached hydrogens (tertiary/aromatic N) is 2. The Bertz CT molecular complexity index is 4180. The number of para-hydroxylation sites is 3. The molecule has 14 rings (SSSR count). The van der Waals surface area contributed by atoms with Crippen LogP contribution in [0, 0.1) is 0 Å². The Hall–Kier alpha value is -8.44. The maximum Gasteiger partial charge on any atom is 0.136 e. The van der Waals surface area contributed by atoms with Crippen LogP contribution >= 0.6 is 11.3 Å². The van der Waals surface area contributed by atoms with Crippen molar-refractivity contribution in [3.8, 4) is 27.9 Å². The van der Waals surface area contributed by atoms with Gasteiger partial charge in [0, 0.05) is 64.5 Å². The Morgan fingerprint density at radius 2 is 0.985 bits per heavy atom. The molecule has 0 aliphatic rings. The monoisotopic (exact) mass is 858 g/mol. The molecule has 14 aromatic rings. The predicted molar refractivity (Wildman–Crippen MR) is 282 cm³/mol. The van der Waals surface area contributed by atoms with Crippen molar-refractivity contribution in [2.75, 3.05) is 4.90 Å². The van der Waals surface area contributed by atoms with Gasteiger partial charge in [-0.25, -0.2) is 0 Å². The number of hydrogen-bond acceptors (Lipinski definition) is 3. The molecule has 0 amide bonds. The van der Waals surface area contributed by atoms with E-state index in [4.69, 9.17) is 4.42 Å². The number of benzene rings is 11. The van der Waals surface area contributed by atoms with E-state index >= 15 is 0 Å². The summed E-state index contributed by atoms with van der Waals surface area (Å²) in [5.74, 6) is 0. The van der Waals surface area contributed by atoms with Crippen LogP contribution in [0.1, 0.15) is 0 Å². The van der Waals surface area contributed by atoms with Crippen LogP contribution in [-0.2, 0) is 0 Å². The van der Waals surface area contributed by atoms with E-state index in [9.17, 15) is 0 Å². The lowest BCUT2D eigenvalue weighted by atomic mass is 9.93. The van der Waals surface area contributed by atoms with Crippen molar-refractivity contribution >= 4 is 114 Å². The summed E-state index contributed by atoms with van der Waals surface area (Å²) in [6.07, 6.45) is 0. The average Bonchev–Trinajstić information content (AvgIpc) is 4.06. The molecule has 308 valence electrons. The van der Waals surface area contributed by atoms with Crippen LogP contribution in [0.3, 0.4) is 0 Å². The number of aromatic nitrogens is 1. The zero-order valence-corrected chi connectivity index (χ0v) is 36.5. The Morgan fingerprint density at radius 1 is 0.348 bits per heavy atom. The largest absolute Gasteiger partial charge is 0.456 e. The van der Waals surface area contributed by atoms with Gasteiger partial charge in [-0.15, -0.1) is 11.3 Å². The molecule has 4 heteroatoms. The van der Waals surface area contributed by atoms with E-state index in [-0.39, 0.29) is 0 Å². The van der Waals surface area contributed by atoms with Crippen LogP contribution in [0.15, 0.2) is 235 Å². The number of fused-ring (bicyclic) bond motifs is 12. The van der Waals surface area contributed by atoms with Crippen LogP contribution in [0.5, 0.6) is 0 Å². The van der Waals surface area contributed by atoms with Gasteiger partial charge in [-0.2, -0.15) is 0 Å². The minimum atomic E-state index is 0.904. The Balaban J connectivity index is 0.970. The van der Waals surface area contributed by atoms with Gasteiger partial charge in [0.25, 0.3) is 0 Å². The van der Waals surface area contributed by atoms with Gasteiger partial charge < -0.3 is 13.9 Å². The summed E-state index contributed by atoms with van der Waals surface area (Å²) in [7, 11) is 0. The highest BCUT2D eigenvalue weighted by Crippen LogP contribution is 2.46. The molecular weight excluding hydrogens is 821 g/mol. The third-order valence-electron chi connectivity index (χ3n) is 13.6. The number of rotatable bonds is 6. The quantitative estimate of drug-likeness (QED) is 0.155. The van der Waals surface area contributed by atoms with Gasteiger partial charge in [0.15, 0.2) is 0 Å². The molecule has 0 saturated carbocycles. The highest BCUT2D eigenvalue weighted by molar-refractivity contribution is 7.26. The predicted octanol–water partition coefficient (Wildman–Crippen LogP) is 18.2. The van der Waals surface area contributed by atoms with Crippen molar-refractivity contribution in [2.24, 2.45) is 0 Å². The first-order chi connectivity index (χ1) is 32.7. The maximum absolute atomic E-state index is 6.40. The Morgan fingerprint density at radius 3 is 1.77 bits per heavy atom. The zero-order chi connectivity index (χ0) is 43.3. The Labute approximate surface area is 384 Å². The highest BCUT2D eigenvalue weighted by Gasteiger charge is 2.20. The van der Waals surface area contributed by atoms with Crippen LogP contribution in [-0.4, -0.2) is 4.57 Å². The van der Waals surface area contributed by atoms with E-state index in [0.717, 1.165) is 50.3 Å². The van der Waals surface area contributed by atoms with E-state index in [1.807, 2.05) is 23.5 Å². The third-order valence-corrected chi connectivity index (χ3v) is 14.7. The van der Waals surface area contributed by atoms with Crippen LogP contribution < -0.4 is 4.90 Å². The molecule has 11 aromatic carbocycles. The second kappa shape index (κ2) is 14.5. The second-order valence-electron chi connectivity index (χ2n) is 17.2. The molecule has 0 N–H and O–H groups in total. The molecule has 3 heterocycles. The first-order valence-electron chi connectivity index (χ1n) is 22.5. The molecule has 0 atom stereocenters. The van der Waals surface area contributed by atoms with Gasteiger partial charge in [-0.1, -0.05) is 133 Å². The molecule has 0 spiro atoms. The highest BCUT2D eigenvalue weighted by atomic mass is 32.1. The lowest BCUT2D eigenvalue weighted by Crippen LogP contribution is -2.10. The first kappa shape index (κ1) is 37.0. The van der Waals surface area contributed by atoms with Crippen molar-refractivity contribution in [1.29, 1.82) is 0 Å². The lowest BCUT2D eigenvalue weighted by molar-refractivity contribution is 0.669. The fourth-order valence-electron chi connectivity index (χ4n) is 10.6. The maximum atomic E-state index is 6.40. The minimum absolute atomic E-state index is 0.904. The molecule has 3 aromatic heterocycles. The van der Waals surface area contributed by atoms with E-state index in [1.165, 1.54) is 80.2 Å². The fourth-order valence-corrected chi connectivity index (χ4v) is 11.7. The van der Waals surface area contributed by atoms with Gasteiger partial charge >= 0.3 is 0 Å².